The Balaban J connectivity index is 2.18. The Hall–Kier alpha value is -2.29. The van der Waals surface area contributed by atoms with Gasteiger partial charge in [0, 0.05) is 5.56 Å². The van der Waals surface area contributed by atoms with Gasteiger partial charge in [-0.15, -0.1) is 0 Å². The summed E-state index contributed by atoms with van der Waals surface area (Å²) >= 11 is 0. The summed E-state index contributed by atoms with van der Waals surface area (Å²) in [6.07, 6.45) is 2.68. The van der Waals surface area contributed by atoms with E-state index < -0.39 is 6.29 Å². The zero-order chi connectivity index (χ0) is 18.8. The highest BCUT2D eigenvalue weighted by Gasteiger charge is 2.22. The van der Waals surface area contributed by atoms with Crippen LogP contribution in [0.25, 0.3) is 11.3 Å². The van der Waals surface area contributed by atoms with Crippen LogP contribution in [0.4, 0.5) is 0 Å². The second kappa shape index (κ2) is 7.53. The number of ether oxygens (including phenoxy) is 2. The van der Waals surface area contributed by atoms with Gasteiger partial charge in [-0.2, -0.15) is 0 Å². The predicted molar refractivity (Wildman–Crippen MR) is 106 cm³/mol. The maximum Gasteiger partial charge on any atom is 0.283 e. The predicted octanol–water partition coefficient (Wildman–Crippen LogP) is 6.64. The monoisotopic (exact) mass is 351 g/mol. The van der Waals surface area contributed by atoms with E-state index in [1.54, 1.807) is 12.5 Å². The van der Waals surface area contributed by atoms with Crippen LogP contribution in [0.3, 0.4) is 0 Å². The molecular weight excluding hydrogens is 322 g/mol. The van der Waals surface area contributed by atoms with E-state index in [-0.39, 0.29) is 0 Å². The summed E-state index contributed by atoms with van der Waals surface area (Å²) < 4.78 is 10.9. The molecule has 1 aromatic carbocycles. The largest absolute Gasteiger partial charge is 0.454 e. The molecule has 0 atom stereocenters. The first-order chi connectivity index (χ1) is 12.4. The Morgan fingerprint density at radius 1 is 0.808 bits per heavy atom. The van der Waals surface area contributed by atoms with Crippen molar-refractivity contribution in [3.63, 3.8) is 0 Å². The summed E-state index contributed by atoms with van der Waals surface area (Å²) in [6, 6.07) is 10.8. The van der Waals surface area contributed by atoms with Gasteiger partial charge in [-0.25, -0.2) is 4.98 Å². The number of hydrogen-bond acceptors (Lipinski definition) is 3. The molecule has 26 heavy (non-hydrogen) atoms. The summed E-state index contributed by atoms with van der Waals surface area (Å²) in [5.74, 6) is 1.35. The van der Waals surface area contributed by atoms with Gasteiger partial charge >= 0.3 is 0 Å². The van der Waals surface area contributed by atoms with Crippen LogP contribution in [0.15, 0.2) is 42.9 Å². The highest BCUT2D eigenvalue weighted by molar-refractivity contribution is 5.70. The summed E-state index contributed by atoms with van der Waals surface area (Å²) in [7, 11) is 0. The number of nitrogens with zero attached hydrogens (tertiary/aromatic N) is 1. The van der Waals surface area contributed by atoms with Gasteiger partial charge in [0.2, 0.25) is 0 Å². The van der Waals surface area contributed by atoms with Crippen LogP contribution < -0.4 is 0 Å². The van der Waals surface area contributed by atoms with Crippen LogP contribution in [-0.4, -0.2) is 4.98 Å². The van der Waals surface area contributed by atoms with Crippen LogP contribution in [0.2, 0.25) is 0 Å². The van der Waals surface area contributed by atoms with Gasteiger partial charge < -0.3 is 9.47 Å². The van der Waals surface area contributed by atoms with Gasteiger partial charge in [0.1, 0.15) is 18.2 Å². The Morgan fingerprint density at radius 3 is 1.88 bits per heavy atom. The Labute approximate surface area is 157 Å². The molecule has 1 aliphatic heterocycles. The van der Waals surface area contributed by atoms with Crippen LogP contribution in [0.5, 0.6) is 0 Å². The lowest BCUT2D eigenvalue weighted by molar-refractivity contribution is -0.0278. The SMILES string of the molecule is CC(C)c1cc(C(C)C)c(-c2cccc(C3OC=CO3)n2)c(C(C)C)c1. The Morgan fingerprint density at radius 2 is 1.38 bits per heavy atom. The second-order valence-corrected chi connectivity index (χ2v) is 7.86. The first kappa shape index (κ1) is 18.5. The van der Waals surface area contributed by atoms with E-state index in [9.17, 15) is 0 Å². The molecule has 138 valence electrons. The summed E-state index contributed by atoms with van der Waals surface area (Å²) in [6.45, 7) is 13.5. The third-order valence-electron chi connectivity index (χ3n) is 4.86. The molecule has 1 aromatic heterocycles. The van der Waals surface area contributed by atoms with Crippen molar-refractivity contribution in [2.24, 2.45) is 0 Å². The minimum Gasteiger partial charge on any atom is -0.454 e. The molecule has 2 aromatic rings. The fourth-order valence-corrected chi connectivity index (χ4v) is 3.35. The first-order valence-electron chi connectivity index (χ1n) is 9.49. The van der Waals surface area contributed by atoms with Gasteiger partial charge in [-0.05, 0) is 46.6 Å². The Bertz CT molecular complexity index is 769. The van der Waals surface area contributed by atoms with Crippen molar-refractivity contribution < 1.29 is 9.47 Å². The van der Waals surface area contributed by atoms with E-state index in [1.165, 1.54) is 22.3 Å². The van der Waals surface area contributed by atoms with Gasteiger partial charge in [0.25, 0.3) is 6.29 Å². The maximum atomic E-state index is 5.47. The number of benzene rings is 1. The summed E-state index contributed by atoms with van der Waals surface area (Å²) in [5.41, 5.74) is 7.15. The third kappa shape index (κ3) is 3.62. The molecule has 0 saturated carbocycles. The lowest BCUT2D eigenvalue weighted by atomic mass is 9.83. The molecule has 0 amide bonds. The molecule has 1 aliphatic rings. The highest BCUT2D eigenvalue weighted by atomic mass is 16.7. The lowest BCUT2D eigenvalue weighted by Crippen LogP contribution is -2.06. The zero-order valence-electron chi connectivity index (χ0n) is 16.6. The second-order valence-electron chi connectivity index (χ2n) is 7.86. The van der Waals surface area contributed by atoms with Crippen molar-refractivity contribution in [2.75, 3.05) is 0 Å². The van der Waals surface area contributed by atoms with Gasteiger partial charge in [-0.3, -0.25) is 0 Å². The van der Waals surface area contributed by atoms with Crippen molar-refractivity contribution in [1.82, 2.24) is 4.98 Å². The third-order valence-corrected chi connectivity index (χ3v) is 4.86. The lowest BCUT2D eigenvalue weighted by Gasteiger charge is -2.23. The standard InChI is InChI=1S/C23H29NO2/c1-14(2)17-12-18(15(3)4)22(19(13-17)16(5)6)20-8-7-9-21(24-20)23-25-10-11-26-23/h7-16,23H,1-6H3. The molecular formula is C23H29NO2. The molecule has 0 fully saturated rings. The highest BCUT2D eigenvalue weighted by Crippen LogP contribution is 2.38. The fourth-order valence-electron chi connectivity index (χ4n) is 3.35. The number of pyridine rings is 1. The van der Waals surface area contributed by atoms with E-state index in [1.807, 2.05) is 12.1 Å². The molecule has 0 radical (unpaired) electrons. The van der Waals surface area contributed by atoms with Gasteiger partial charge in [0.15, 0.2) is 0 Å². The molecule has 0 N–H and O–H groups in total. The smallest absolute Gasteiger partial charge is 0.283 e. The minimum absolute atomic E-state index is 0.423. The molecule has 3 heteroatoms. The van der Waals surface area contributed by atoms with E-state index in [4.69, 9.17) is 14.5 Å². The number of rotatable bonds is 5. The molecule has 3 nitrogen and oxygen atoms in total. The van der Waals surface area contributed by atoms with Crippen molar-refractivity contribution >= 4 is 0 Å². The summed E-state index contributed by atoms with van der Waals surface area (Å²) in [4.78, 5) is 4.90. The zero-order valence-corrected chi connectivity index (χ0v) is 16.6. The number of aromatic nitrogens is 1. The first-order valence-corrected chi connectivity index (χ1v) is 9.49. The van der Waals surface area contributed by atoms with E-state index in [0.29, 0.717) is 17.8 Å². The van der Waals surface area contributed by atoms with Crippen LogP contribution in [0.1, 0.15) is 88.0 Å². The molecule has 0 saturated heterocycles. The van der Waals surface area contributed by atoms with Gasteiger partial charge in [-0.1, -0.05) is 59.7 Å². The van der Waals surface area contributed by atoms with Crippen molar-refractivity contribution in [3.05, 3.63) is 65.2 Å². The topological polar surface area (TPSA) is 31.4 Å². The normalized spacial score (nSPS) is 14.3. The van der Waals surface area contributed by atoms with Crippen LogP contribution in [0, 0.1) is 0 Å². The molecule has 3 rings (SSSR count). The average Bonchev–Trinajstić information content (AvgIpc) is 3.15. The molecule has 2 heterocycles. The van der Waals surface area contributed by atoms with Crippen LogP contribution >= 0.6 is 0 Å². The van der Waals surface area contributed by atoms with Crippen molar-refractivity contribution in [1.29, 1.82) is 0 Å². The molecule has 0 unspecified atom stereocenters. The molecule has 0 spiro atoms. The molecule has 0 aliphatic carbocycles. The average molecular weight is 351 g/mol. The fraction of sp³-hybridized carbons (Fsp3) is 0.435. The number of hydrogen-bond donors (Lipinski definition) is 0. The quantitative estimate of drug-likeness (QED) is 0.605. The van der Waals surface area contributed by atoms with Crippen molar-refractivity contribution in [2.45, 2.75) is 65.6 Å². The van der Waals surface area contributed by atoms with E-state index in [2.05, 4.69) is 59.7 Å². The van der Waals surface area contributed by atoms with E-state index in [0.717, 1.165) is 11.4 Å². The van der Waals surface area contributed by atoms with Gasteiger partial charge in [0.05, 0.1) is 5.69 Å². The maximum absolute atomic E-state index is 5.47. The van der Waals surface area contributed by atoms with Crippen LogP contribution in [-0.2, 0) is 9.47 Å². The minimum atomic E-state index is -0.449. The summed E-state index contributed by atoms with van der Waals surface area (Å²) in [5, 5.41) is 0. The van der Waals surface area contributed by atoms with Crippen molar-refractivity contribution in [3.8, 4) is 11.3 Å². The Kier molecular flexibility index (Phi) is 5.36. The molecule has 0 bridgehead atoms. The van der Waals surface area contributed by atoms with E-state index >= 15 is 0 Å².